The highest BCUT2D eigenvalue weighted by Crippen LogP contribution is 2.19. The molecule has 0 aliphatic rings. The molecule has 3 aromatic carbocycles. The first kappa shape index (κ1) is 21.3. The highest BCUT2D eigenvalue weighted by molar-refractivity contribution is 6.11. The second-order valence-electron chi connectivity index (χ2n) is 6.46. The number of nitrogens with zero attached hydrogens (tertiary/aromatic N) is 1. The molecule has 2 N–H and O–H groups in total. The summed E-state index contributed by atoms with van der Waals surface area (Å²) in [5.41, 5.74) is 1.25. The summed E-state index contributed by atoms with van der Waals surface area (Å²) >= 11 is 0. The van der Waals surface area contributed by atoms with Gasteiger partial charge in [-0.05, 0) is 53.6 Å². The Hall–Kier alpha value is -4.44. The van der Waals surface area contributed by atoms with Crippen molar-refractivity contribution in [1.29, 1.82) is 5.26 Å². The maximum Gasteiger partial charge on any atom is 0.337 e. The van der Waals surface area contributed by atoms with Crippen LogP contribution in [-0.4, -0.2) is 17.0 Å². The third kappa shape index (κ3) is 5.78. The van der Waals surface area contributed by atoms with Gasteiger partial charge in [-0.3, -0.25) is 4.79 Å². The number of aromatic carboxylic acids is 1. The van der Waals surface area contributed by atoms with Crippen molar-refractivity contribution in [3.05, 3.63) is 101 Å². The van der Waals surface area contributed by atoms with Gasteiger partial charge >= 0.3 is 5.97 Å². The summed E-state index contributed by atoms with van der Waals surface area (Å²) in [4.78, 5) is 23.7. The molecule has 0 saturated heterocycles. The minimum atomic E-state index is -1.19. The van der Waals surface area contributed by atoms with Gasteiger partial charge in [-0.1, -0.05) is 36.4 Å². The van der Waals surface area contributed by atoms with Crippen LogP contribution in [0.2, 0.25) is 0 Å². The molecule has 0 bridgehead atoms. The Bertz CT molecular complexity index is 1160. The molecule has 0 spiro atoms. The van der Waals surface area contributed by atoms with Crippen molar-refractivity contribution in [2.75, 3.05) is 5.32 Å². The molecule has 31 heavy (non-hydrogen) atoms. The Kier molecular flexibility index (Phi) is 6.76. The van der Waals surface area contributed by atoms with E-state index in [-0.39, 0.29) is 29.2 Å². The number of para-hydroxylation sites is 1. The van der Waals surface area contributed by atoms with E-state index in [0.717, 1.165) is 5.56 Å². The lowest BCUT2D eigenvalue weighted by Crippen LogP contribution is -2.16. The van der Waals surface area contributed by atoms with Crippen LogP contribution in [0, 0.1) is 17.1 Å². The van der Waals surface area contributed by atoms with Crippen molar-refractivity contribution in [1.82, 2.24) is 0 Å². The molecule has 1 amide bonds. The van der Waals surface area contributed by atoms with Gasteiger partial charge in [0.05, 0.1) is 11.3 Å². The third-order valence-electron chi connectivity index (χ3n) is 4.28. The molecule has 6 nitrogen and oxygen atoms in total. The predicted octanol–water partition coefficient (Wildman–Crippen LogP) is 4.65. The van der Waals surface area contributed by atoms with Crippen LogP contribution in [-0.2, 0) is 11.4 Å². The molecular formula is C24H17FN2O4. The summed E-state index contributed by atoms with van der Waals surface area (Å²) < 4.78 is 18.6. The van der Waals surface area contributed by atoms with Crippen LogP contribution in [0.5, 0.6) is 5.75 Å². The molecule has 0 unspecified atom stereocenters. The van der Waals surface area contributed by atoms with Crippen molar-refractivity contribution >= 4 is 23.6 Å². The van der Waals surface area contributed by atoms with Crippen LogP contribution in [0.15, 0.2) is 78.4 Å². The summed E-state index contributed by atoms with van der Waals surface area (Å²) in [5.74, 6) is -1.65. The number of carboxylic acids is 1. The highest BCUT2D eigenvalue weighted by atomic mass is 19.1. The largest absolute Gasteiger partial charge is 0.489 e. The van der Waals surface area contributed by atoms with Crippen LogP contribution in [0.25, 0.3) is 6.08 Å². The van der Waals surface area contributed by atoms with Gasteiger partial charge in [-0.2, -0.15) is 5.26 Å². The third-order valence-corrected chi connectivity index (χ3v) is 4.28. The Morgan fingerprint density at radius 3 is 2.35 bits per heavy atom. The normalized spacial score (nSPS) is 10.8. The summed E-state index contributed by atoms with van der Waals surface area (Å²) in [7, 11) is 0. The summed E-state index contributed by atoms with van der Waals surface area (Å²) in [6.45, 7) is 0.268. The SMILES string of the molecule is N#C/C(=C\c1ccc(OCc2ccc(F)cc2)cc1)C(=O)Nc1ccccc1C(=O)O. The molecule has 3 aromatic rings. The fourth-order valence-electron chi connectivity index (χ4n) is 2.69. The molecule has 7 heteroatoms. The molecule has 0 heterocycles. The number of hydrogen-bond acceptors (Lipinski definition) is 4. The number of carboxylic acid groups (broad SMARTS) is 1. The minimum absolute atomic E-state index is 0.0733. The van der Waals surface area contributed by atoms with Gasteiger partial charge in [-0.25, -0.2) is 9.18 Å². The zero-order valence-electron chi connectivity index (χ0n) is 16.2. The van der Waals surface area contributed by atoms with Crippen LogP contribution < -0.4 is 10.1 Å². The molecule has 0 saturated carbocycles. The lowest BCUT2D eigenvalue weighted by atomic mass is 10.1. The number of carbonyl (C=O) groups excluding carboxylic acids is 1. The first-order valence-corrected chi connectivity index (χ1v) is 9.19. The quantitative estimate of drug-likeness (QED) is 0.431. The number of benzene rings is 3. The second-order valence-corrected chi connectivity index (χ2v) is 6.46. The van der Waals surface area contributed by atoms with Gasteiger partial charge in [0.2, 0.25) is 0 Å². The monoisotopic (exact) mass is 416 g/mol. The molecular weight excluding hydrogens is 399 g/mol. The standard InChI is InChI=1S/C24H17FN2O4/c25-19-9-5-17(6-10-19)15-31-20-11-7-16(8-12-20)13-18(14-26)23(28)27-22-4-2-1-3-21(22)24(29)30/h1-13H,15H2,(H,27,28)(H,29,30)/b18-13+. The summed E-state index contributed by atoms with van der Waals surface area (Å²) in [6, 6.07) is 20.5. The molecule has 0 fully saturated rings. The van der Waals surface area contributed by atoms with Crippen molar-refractivity contribution in [2.45, 2.75) is 6.61 Å². The van der Waals surface area contributed by atoms with E-state index in [2.05, 4.69) is 5.32 Å². The van der Waals surface area contributed by atoms with Gasteiger partial charge in [0.15, 0.2) is 0 Å². The van der Waals surface area contributed by atoms with E-state index in [0.29, 0.717) is 11.3 Å². The Morgan fingerprint density at radius 1 is 1.03 bits per heavy atom. The van der Waals surface area contributed by atoms with E-state index >= 15 is 0 Å². The number of amides is 1. The molecule has 0 aliphatic heterocycles. The van der Waals surface area contributed by atoms with Crippen LogP contribution in [0.4, 0.5) is 10.1 Å². The van der Waals surface area contributed by atoms with E-state index < -0.39 is 11.9 Å². The maximum atomic E-state index is 12.9. The zero-order chi connectivity index (χ0) is 22.2. The molecule has 154 valence electrons. The summed E-state index contributed by atoms with van der Waals surface area (Å²) in [5, 5.41) is 21.0. The maximum absolute atomic E-state index is 12.9. The molecule has 3 rings (SSSR count). The van der Waals surface area contributed by atoms with Crippen molar-refractivity contribution < 1.29 is 23.8 Å². The number of nitriles is 1. The highest BCUT2D eigenvalue weighted by Gasteiger charge is 2.14. The number of ether oxygens (including phenoxy) is 1. The minimum Gasteiger partial charge on any atom is -0.489 e. The Labute approximate surface area is 177 Å². The fraction of sp³-hybridized carbons (Fsp3) is 0.0417. The topological polar surface area (TPSA) is 99.4 Å². The number of halogens is 1. The Balaban J connectivity index is 1.68. The van der Waals surface area contributed by atoms with E-state index in [1.165, 1.54) is 30.3 Å². The first-order chi connectivity index (χ1) is 15.0. The predicted molar refractivity (Wildman–Crippen MR) is 113 cm³/mol. The fourth-order valence-corrected chi connectivity index (χ4v) is 2.69. The van der Waals surface area contributed by atoms with Crippen LogP contribution in [0.1, 0.15) is 21.5 Å². The van der Waals surface area contributed by atoms with Gasteiger partial charge < -0.3 is 15.2 Å². The number of rotatable bonds is 7. The summed E-state index contributed by atoms with van der Waals surface area (Å²) in [6.07, 6.45) is 1.39. The zero-order valence-corrected chi connectivity index (χ0v) is 16.2. The number of anilines is 1. The number of nitrogens with one attached hydrogen (secondary N) is 1. The van der Waals surface area contributed by atoms with Gasteiger partial charge in [0.1, 0.15) is 29.8 Å². The van der Waals surface area contributed by atoms with Gasteiger partial charge in [0.25, 0.3) is 5.91 Å². The Morgan fingerprint density at radius 2 is 1.71 bits per heavy atom. The van der Waals surface area contributed by atoms with Gasteiger partial charge in [-0.15, -0.1) is 0 Å². The van der Waals surface area contributed by atoms with Crippen LogP contribution >= 0.6 is 0 Å². The molecule has 0 aromatic heterocycles. The van der Waals surface area contributed by atoms with Crippen molar-refractivity contribution in [2.24, 2.45) is 0 Å². The van der Waals surface area contributed by atoms with E-state index in [1.54, 1.807) is 48.5 Å². The van der Waals surface area contributed by atoms with E-state index in [9.17, 15) is 24.3 Å². The van der Waals surface area contributed by atoms with E-state index in [4.69, 9.17) is 4.74 Å². The lowest BCUT2D eigenvalue weighted by Gasteiger charge is -2.08. The molecule has 0 atom stereocenters. The smallest absolute Gasteiger partial charge is 0.337 e. The van der Waals surface area contributed by atoms with Gasteiger partial charge in [0, 0.05) is 0 Å². The van der Waals surface area contributed by atoms with Crippen LogP contribution in [0.3, 0.4) is 0 Å². The lowest BCUT2D eigenvalue weighted by molar-refractivity contribution is -0.112. The molecule has 0 aliphatic carbocycles. The average molecular weight is 416 g/mol. The second kappa shape index (κ2) is 9.85. The van der Waals surface area contributed by atoms with Crippen molar-refractivity contribution in [3.63, 3.8) is 0 Å². The average Bonchev–Trinajstić information content (AvgIpc) is 2.78. The van der Waals surface area contributed by atoms with Crippen molar-refractivity contribution in [3.8, 4) is 11.8 Å². The van der Waals surface area contributed by atoms with E-state index in [1.807, 2.05) is 6.07 Å². The first-order valence-electron chi connectivity index (χ1n) is 9.19. The number of carbonyl (C=O) groups is 2. The number of hydrogen-bond donors (Lipinski definition) is 2. The molecule has 0 radical (unpaired) electrons.